The summed E-state index contributed by atoms with van der Waals surface area (Å²) in [6.07, 6.45) is 1.60. The van der Waals surface area contributed by atoms with E-state index in [0.29, 0.717) is 24.0 Å². The summed E-state index contributed by atoms with van der Waals surface area (Å²) in [6.45, 7) is 5.13. The number of aliphatic hydroxyl groups excluding tert-OH is 1. The van der Waals surface area contributed by atoms with Gasteiger partial charge in [0.2, 0.25) is 0 Å². The predicted octanol–water partition coefficient (Wildman–Crippen LogP) is 4.43. The second-order valence-corrected chi connectivity index (χ2v) is 8.95. The highest BCUT2D eigenvalue weighted by Crippen LogP contribution is 2.44. The van der Waals surface area contributed by atoms with Crippen LogP contribution < -0.4 is 9.47 Å². The molecule has 0 aliphatic carbocycles. The van der Waals surface area contributed by atoms with Gasteiger partial charge in [0, 0.05) is 13.2 Å². The third kappa shape index (κ3) is 4.28. The van der Waals surface area contributed by atoms with Crippen molar-refractivity contribution in [3.63, 3.8) is 0 Å². The van der Waals surface area contributed by atoms with Crippen LogP contribution in [0.2, 0.25) is 0 Å². The van der Waals surface area contributed by atoms with Gasteiger partial charge in [0.25, 0.3) is 11.7 Å². The Morgan fingerprint density at radius 3 is 2.26 bits per heavy atom. The number of hydrogen-bond donors (Lipinski definition) is 1. The van der Waals surface area contributed by atoms with Crippen molar-refractivity contribution in [2.45, 2.75) is 44.8 Å². The van der Waals surface area contributed by atoms with Crippen molar-refractivity contribution >= 4 is 17.4 Å². The molecule has 2 atom stereocenters. The van der Waals surface area contributed by atoms with E-state index in [1.165, 1.54) is 19.1 Å². The maximum absolute atomic E-state index is 13.3. The van der Waals surface area contributed by atoms with Crippen molar-refractivity contribution in [1.29, 1.82) is 0 Å². The minimum absolute atomic E-state index is 0.0168. The van der Waals surface area contributed by atoms with Crippen LogP contribution in [0.3, 0.4) is 0 Å². The Bertz CT molecular complexity index is 1080. The fourth-order valence-corrected chi connectivity index (χ4v) is 4.71. The number of ketones is 1. The molecule has 7 nitrogen and oxygen atoms in total. The van der Waals surface area contributed by atoms with E-state index in [1.54, 1.807) is 18.2 Å². The average molecular weight is 466 g/mol. The second kappa shape index (κ2) is 9.89. The number of hydrogen-bond acceptors (Lipinski definition) is 6. The van der Waals surface area contributed by atoms with E-state index in [9.17, 15) is 14.7 Å². The molecule has 2 unspecified atom stereocenters. The Morgan fingerprint density at radius 1 is 1.09 bits per heavy atom. The zero-order valence-electron chi connectivity index (χ0n) is 20.0. The highest BCUT2D eigenvalue weighted by molar-refractivity contribution is 6.46. The molecule has 0 aromatic heterocycles. The van der Waals surface area contributed by atoms with Gasteiger partial charge in [0.15, 0.2) is 0 Å². The number of aliphatic hydroxyl groups is 1. The number of nitrogens with zero attached hydrogens (tertiary/aromatic N) is 1. The number of carbonyl (C=O) groups excluding carboxylic acids is 2. The predicted molar refractivity (Wildman–Crippen MR) is 128 cm³/mol. The summed E-state index contributed by atoms with van der Waals surface area (Å²) in [5, 5.41) is 11.5. The van der Waals surface area contributed by atoms with Crippen molar-refractivity contribution in [1.82, 2.24) is 4.90 Å². The van der Waals surface area contributed by atoms with Crippen LogP contribution in [0.1, 0.15) is 55.3 Å². The SMILES string of the molecule is COc1cccc(OC)c1/C(O)=C1\C(=O)C(=O)N(CC2CCCO2)C1c1ccc(C(C)C)cc1. The summed E-state index contributed by atoms with van der Waals surface area (Å²) in [5.74, 6) is -0.678. The van der Waals surface area contributed by atoms with Gasteiger partial charge in [-0.25, -0.2) is 0 Å². The second-order valence-electron chi connectivity index (χ2n) is 8.95. The number of amides is 1. The number of Topliss-reactive ketones (excluding diaryl/α,β-unsaturated/α-hetero) is 1. The van der Waals surface area contributed by atoms with Crippen LogP contribution >= 0.6 is 0 Å². The minimum atomic E-state index is -0.750. The Kier molecular flexibility index (Phi) is 6.93. The van der Waals surface area contributed by atoms with Gasteiger partial charge < -0.3 is 24.2 Å². The van der Waals surface area contributed by atoms with Crippen LogP contribution in [0.25, 0.3) is 5.76 Å². The first kappa shape index (κ1) is 23.8. The fourth-order valence-electron chi connectivity index (χ4n) is 4.71. The summed E-state index contributed by atoms with van der Waals surface area (Å²) in [7, 11) is 2.95. The van der Waals surface area contributed by atoms with Gasteiger partial charge in [-0.1, -0.05) is 44.2 Å². The average Bonchev–Trinajstić information content (AvgIpc) is 3.45. The molecule has 2 saturated heterocycles. The topological polar surface area (TPSA) is 85.3 Å². The lowest BCUT2D eigenvalue weighted by Gasteiger charge is -2.28. The summed E-state index contributed by atoms with van der Waals surface area (Å²) in [4.78, 5) is 28.1. The van der Waals surface area contributed by atoms with Crippen molar-refractivity contribution in [2.75, 3.05) is 27.4 Å². The monoisotopic (exact) mass is 465 g/mol. The molecule has 2 heterocycles. The number of methoxy groups -OCH3 is 2. The molecule has 7 heteroatoms. The van der Waals surface area contributed by atoms with Crippen molar-refractivity contribution < 1.29 is 28.9 Å². The highest BCUT2D eigenvalue weighted by atomic mass is 16.5. The zero-order valence-corrected chi connectivity index (χ0v) is 20.0. The Labute approximate surface area is 199 Å². The van der Waals surface area contributed by atoms with Crippen LogP contribution in [0, 0.1) is 0 Å². The van der Waals surface area contributed by atoms with Crippen LogP contribution in [0.5, 0.6) is 11.5 Å². The van der Waals surface area contributed by atoms with Crippen molar-refractivity contribution in [2.24, 2.45) is 0 Å². The van der Waals surface area contributed by atoms with Crippen LogP contribution in [0.4, 0.5) is 0 Å². The molecule has 0 bridgehead atoms. The van der Waals surface area contributed by atoms with Gasteiger partial charge in [0.05, 0.1) is 31.9 Å². The summed E-state index contributed by atoms with van der Waals surface area (Å²) >= 11 is 0. The zero-order chi connectivity index (χ0) is 24.4. The lowest BCUT2D eigenvalue weighted by molar-refractivity contribution is -0.140. The van der Waals surface area contributed by atoms with E-state index in [1.807, 2.05) is 24.3 Å². The van der Waals surface area contributed by atoms with Gasteiger partial charge in [-0.05, 0) is 42.0 Å². The maximum Gasteiger partial charge on any atom is 0.295 e. The number of likely N-dealkylation sites (tertiary alicyclic amines) is 1. The van der Waals surface area contributed by atoms with Crippen molar-refractivity contribution in [3.05, 3.63) is 64.7 Å². The largest absolute Gasteiger partial charge is 0.506 e. The van der Waals surface area contributed by atoms with Crippen LogP contribution in [-0.4, -0.2) is 55.2 Å². The first-order chi connectivity index (χ1) is 16.4. The minimum Gasteiger partial charge on any atom is -0.506 e. The first-order valence-corrected chi connectivity index (χ1v) is 11.6. The number of rotatable bonds is 7. The van der Waals surface area contributed by atoms with E-state index in [-0.39, 0.29) is 29.5 Å². The molecule has 180 valence electrons. The molecule has 2 fully saturated rings. The van der Waals surface area contributed by atoms with E-state index >= 15 is 0 Å². The first-order valence-electron chi connectivity index (χ1n) is 11.6. The molecular weight excluding hydrogens is 434 g/mol. The smallest absolute Gasteiger partial charge is 0.295 e. The van der Waals surface area contributed by atoms with Gasteiger partial charge >= 0.3 is 0 Å². The lowest BCUT2D eigenvalue weighted by atomic mass is 9.92. The van der Waals surface area contributed by atoms with Crippen LogP contribution in [-0.2, 0) is 14.3 Å². The van der Waals surface area contributed by atoms with Crippen LogP contribution in [0.15, 0.2) is 48.0 Å². The molecule has 2 aliphatic rings. The third-order valence-corrected chi connectivity index (χ3v) is 6.55. The summed E-state index contributed by atoms with van der Waals surface area (Å²) < 4.78 is 16.7. The Balaban J connectivity index is 1.88. The van der Waals surface area contributed by atoms with Gasteiger partial charge in [-0.3, -0.25) is 9.59 Å². The van der Waals surface area contributed by atoms with Crippen molar-refractivity contribution in [3.8, 4) is 11.5 Å². The molecule has 0 spiro atoms. The van der Waals surface area contributed by atoms with E-state index in [4.69, 9.17) is 14.2 Å². The molecule has 1 amide bonds. The molecule has 2 aromatic rings. The lowest BCUT2D eigenvalue weighted by Crippen LogP contribution is -2.36. The molecular formula is C27H31NO6. The fraction of sp³-hybridized carbons (Fsp3) is 0.407. The molecule has 0 saturated carbocycles. The Hall–Kier alpha value is -3.32. The van der Waals surface area contributed by atoms with E-state index in [0.717, 1.165) is 24.0 Å². The molecule has 34 heavy (non-hydrogen) atoms. The molecule has 0 radical (unpaired) electrons. The third-order valence-electron chi connectivity index (χ3n) is 6.55. The van der Waals surface area contributed by atoms with Gasteiger partial charge in [0.1, 0.15) is 22.8 Å². The Morgan fingerprint density at radius 2 is 1.74 bits per heavy atom. The molecule has 4 rings (SSSR count). The number of ether oxygens (including phenoxy) is 3. The standard InChI is InChI=1S/C27H31NO6/c1-16(2)17-10-12-18(13-11-17)24-23(25(29)22-20(32-3)8-5-9-21(22)33-4)26(30)27(31)28(24)15-19-7-6-14-34-19/h5,8-13,16,19,24,29H,6-7,14-15H2,1-4H3/b25-23+. The normalized spacial score (nSPS) is 22.0. The maximum atomic E-state index is 13.3. The number of benzene rings is 2. The van der Waals surface area contributed by atoms with Gasteiger partial charge in [-0.2, -0.15) is 0 Å². The molecule has 2 aromatic carbocycles. The van der Waals surface area contributed by atoms with E-state index < -0.39 is 17.7 Å². The summed E-state index contributed by atoms with van der Waals surface area (Å²) in [5.41, 5.74) is 2.15. The number of carbonyl (C=O) groups is 2. The van der Waals surface area contributed by atoms with Gasteiger partial charge in [-0.15, -0.1) is 0 Å². The summed E-state index contributed by atoms with van der Waals surface area (Å²) in [6, 6.07) is 12.2. The highest BCUT2D eigenvalue weighted by Gasteiger charge is 2.47. The van der Waals surface area contributed by atoms with E-state index in [2.05, 4.69) is 13.8 Å². The molecule has 1 N–H and O–H groups in total. The quantitative estimate of drug-likeness (QED) is 0.370. The molecule has 2 aliphatic heterocycles.